The van der Waals surface area contributed by atoms with Crippen LogP contribution in [0.2, 0.25) is 5.15 Å². The third kappa shape index (κ3) is 4.48. The van der Waals surface area contributed by atoms with Crippen LogP contribution in [0.4, 0.5) is 5.13 Å². The molecule has 0 aliphatic rings. The Kier molecular flexibility index (Phi) is 4.84. The van der Waals surface area contributed by atoms with Gasteiger partial charge in [-0.25, -0.2) is 4.98 Å². The highest BCUT2D eigenvalue weighted by Crippen LogP contribution is 2.18. The van der Waals surface area contributed by atoms with Gasteiger partial charge in [0.25, 0.3) is 0 Å². The van der Waals surface area contributed by atoms with Crippen molar-refractivity contribution in [1.82, 2.24) is 4.98 Å². The van der Waals surface area contributed by atoms with E-state index >= 15 is 0 Å². The third-order valence-electron chi connectivity index (χ3n) is 1.99. The molecule has 1 atom stereocenters. The van der Waals surface area contributed by atoms with E-state index < -0.39 is 5.97 Å². The fourth-order valence-corrected chi connectivity index (χ4v) is 1.93. The fraction of sp³-hybridized carbons (Fsp3) is 0.556. The first-order valence-electron chi connectivity index (χ1n) is 4.67. The first kappa shape index (κ1) is 12.3. The van der Waals surface area contributed by atoms with Crippen LogP contribution >= 0.6 is 22.9 Å². The zero-order chi connectivity index (χ0) is 11.3. The van der Waals surface area contributed by atoms with Gasteiger partial charge in [0.2, 0.25) is 0 Å². The molecule has 0 spiro atoms. The van der Waals surface area contributed by atoms with Crippen LogP contribution in [0.5, 0.6) is 0 Å². The average molecular weight is 249 g/mol. The van der Waals surface area contributed by atoms with Crippen LogP contribution in [0.1, 0.15) is 19.8 Å². The third-order valence-corrected chi connectivity index (χ3v) is 3.11. The molecule has 1 heterocycles. The van der Waals surface area contributed by atoms with E-state index in [0.29, 0.717) is 11.6 Å². The first-order chi connectivity index (χ1) is 7.09. The number of nitrogens with one attached hydrogen (secondary N) is 1. The van der Waals surface area contributed by atoms with Gasteiger partial charge in [-0.05, 0) is 12.8 Å². The van der Waals surface area contributed by atoms with Crippen LogP contribution < -0.4 is 5.32 Å². The van der Waals surface area contributed by atoms with Crippen molar-refractivity contribution in [2.45, 2.75) is 19.8 Å². The number of rotatable bonds is 6. The normalized spacial score (nSPS) is 12.4. The Morgan fingerprint density at radius 1 is 1.80 bits per heavy atom. The summed E-state index contributed by atoms with van der Waals surface area (Å²) in [6, 6.07) is 0. The lowest BCUT2D eigenvalue weighted by molar-refractivity contribution is -0.141. The highest BCUT2D eigenvalue weighted by molar-refractivity contribution is 7.14. The van der Waals surface area contributed by atoms with Gasteiger partial charge in [-0.3, -0.25) is 4.79 Å². The van der Waals surface area contributed by atoms with Crippen molar-refractivity contribution in [3.8, 4) is 0 Å². The summed E-state index contributed by atoms with van der Waals surface area (Å²) in [7, 11) is 0. The number of hydrogen-bond donors (Lipinski definition) is 2. The summed E-state index contributed by atoms with van der Waals surface area (Å²) in [4.78, 5) is 14.5. The number of hydrogen-bond acceptors (Lipinski definition) is 4. The smallest absolute Gasteiger partial charge is 0.306 e. The molecule has 0 aromatic carbocycles. The van der Waals surface area contributed by atoms with E-state index in [2.05, 4.69) is 10.3 Å². The van der Waals surface area contributed by atoms with Crippen LogP contribution in [0.15, 0.2) is 5.38 Å². The zero-order valence-corrected chi connectivity index (χ0v) is 9.94. The molecule has 0 amide bonds. The van der Waals surface area contributed by atoms with E-state index in [4.69, 9.17) is 16.7 Å². The minimum Gasteiger partial charge on any atom is -0.481 e. The van der Waals surface area contributed by atoms with Crippen molar-refractivity contribution in [3.63, 3.8) is 0 Å². The molecule has 0 saturated heterocycles. The maximum atomic E-state index is 10.5. The monoisotopic (exact) mass is 248 g/mol. The quantitative estimate of drug-likeness (QED) is 0.760. The van der Waals surface area contributed by atoms with Crippen LogP contribution in [-0.2, 0) is 4.79 Å². The molecule has 6 heteroatoms. The predicted molar refractivity (Wildman–Crippen MR) is 61.6 cm³/mol. The van der Waals surface area contributed by atoms with E-state index in [1.807, 2.05) is 0 Å². The summed E-state index contributed by atoms with van der Waals surface area (Å²) < 4.78 is 0. The summed E-state index contributed by atoms with van der Waals surface area (Å²) in [5.74, 6) is -1.03. The highest BCUT2D eigenvalue weighted by atomic mass is 35.5. The number of aliphatic carboxylic acids is 1. The lowest BCUT2D eigenvalue weighted by Gasteiger charge is -2.05. The van der Waals surface area contributed by atoms with Crippen molar-refractivity contribution < 1.29 is 9.90 Å². The highest BCUT2D eigenvalue weighted by Gasteiger charge is 2.09. The Bertz CT molecular complexity index is 330. The number of nitrogens with zero attached hydrogens (tertiary/aromatic N) is 1. The second-order valence-electron chi connectivity index (χ2n) is 3.28. The Morgan fingerprint density at radius 2 is 2.53 bits per heavy atom. The molecule has 1 aromatic heterocycles. The van der Waals surface area contributed by atoms with E-state index in [1.54, 1.807) is 12.3 Å². The van der Waals surface area contributed by atoms with Gasteiger partial charge in [0.1, 0.15) is 5.15 Å². The Balaban J connectivity index is 2.14. The molecule has 0 bridgehead atoms. The van der Waals surface area contributed by atoms with Gasteiger partial charge < -0.3 is 10.4 Å². The molecular formula is C9H13ClN2O2S. The van der Waals surface area contributed by atoms with Crippen LogP contribution in [0, 0.1) is 5.92 Å². The van der Waals surface area contributed by atoms with Gasteiger partial charge in [0, 0.05) is 11.9 Å². The minimum atomic E-state index is -0.743. The Labute approximate surface area is 97.3 Å². The molecule has 1 aromatic rings. The largest absolute Gasteiger partial charge is 0.481 e. The first-order valence-corrected chi connectivity index (χ1v) is 5.93. The van der Waals surface area contributed by atoms with Gasteiger partial charge in [0.15, 0.2) is 5.13 Å². The van der Waals surface area contributed by atoms with Gasteiger partial charge in [-0.1, -0.05) is 18.5 Å². The van der Waals surface area contributed by atoms with E-state index in [9.17, 15) is 4.79 Å². The van der Waals surface area contributed by atoms with Crippen molar-refractivity contribution >= 4 is 34.0 Å². The predicted octanol–water partition coefficient (Wildman–Crippen LogP) is 2.71. The molecule has 0 aliphatic carbocycles. The van der Waals surface area contributed by atoms with Crippen LogP contribution in [0.25, 0.3) is 0 Å². The van der Waals surface area contributed by atoms with Crippen LogP contribution in [0.3, 0.4) is 0 Å². The molecule has 0 radical (unpaired) electrons. The average Bonchev–Trinajstić information content (AvgIpc) is 2.58. The van der Waals surface area contributed by atoms with Crippen molar-refractivity contribution in [2.24, 2.45) is 5.92 Å². The maximum absolute atomic E-state index is 10.5. The van der Waals surface area contributed by atoms with E-state index in [1.165, 1.54) is 11.3 Å². The number of anilines is 1. The summed E-state index contributed by atoms with van der Waals surface area (Å²) in [5, 5.41) is 14.8. The Morgan fingerprint density at radius 3 is 3.07 bits per heavy atom. The summed E-state index contributed by atoms with van der Waals surface area (Å²) in [5.41, 5.74) is 0. The summed E-state index contributed by atoms with van der Waals surface area (Å²) >= 11 is 7.09. The molecular weight excluding hydrogens is 236 g/mol. The number of carbonyl (C=O) groups is 1. The molecule has 1 unspecified atom stereocenters. The number of carboxylic acid groups (broad SMARTS) is 1. The fourth-order valence-electron chi connectivity index (χ4n) is 1.06. The topological polar surface area (TPSA) is 62.2 Å². The summed E-state index contributed by atoms with van der Waals surface area (Å²) in [6.45, 7) is 2.43. The lowest BCUT2D eigenvalue weighted by Crippen LogP contribution is -2.11. The molecule has 1 rings (SSSR count). The number of halogens is 1. The van der Waals surface area contributed by atoms with Crippen molar-refractivity contribution in [2.75, 3.05) is 11.9 Å². The molecule has 15 heavy (non-hydrogen) atoms. The number of thiazole rings is 1. The van der Waals surface area contributed by atoms with Crippen molar-refractivity contribution in [3.05, 3.63) is 10.5 Å². The zero-order valence-electron chi connectivity index (χ0n) is 8.36. The van der Waals surface area contributed by atoms with E-state index in [0.717, 1.165) is 18.1 Å². The van der Waals surface area contributed by atoms with Crippen LogP contribution in [-0.4, -0.2) is 22.6 Å². The number of aromatic nitrogens is 1. The van der Waals surface area contributed by atoms with E-state index in [-0.39, 0.29) is 5.92 Å². The molecule has 84 valence electrons. The van der Waals surface area contributed by atoms with Gasteiger partial charge >= 0.3 is 5.97 Å². The minimum absolute atomic E-state index is 0.285. The number of carboxylic acids is 1. The molecule has 0 saturated carbocycles. The lowest BCUT2D eigenvalue weighted by atomic mass is 10.1. The van der Waals surface area contributed by atoms with Gasteiger partial charge in [-0.15, -0.1) is 11.3 Å². The molecule has 2 N–H and O–H groups in total. The Hall–Kier alpha value is -0.810. The molecule has 0 aliphatic heterocycles. The summed E-state index contributed by atoms with van der Waals surface area (Å²) in [6.07, 6.45) is 1.48. The SMILES string of the molecule is CC(CCCNc1nc(Cl)cs1)C(=O)O. The van der Waals surface area contributed by atoms with Gasteiger partial charge in [-0.2, -0.15) is 0 Å². The maximum Gasteiger partial charge on any atom is 0.306 e. The second-order valence-corrected chi connectivity index (χ2v) is 4.53. The molecule has 4 nitrogen and oxygen atoms in total. The standard InChI is InChI=1S/C9H13ClN2O2S/c1-6(8(13)14)3-2-4-11-9-12-7(10)5-15-9/h5-6H,2-4H2,1H3,(H,11,12)(H,13,14). The van der Waals surface area contributed by atoms with Gasteiger partial charge in [0.05, 0.1) is 5.92 Å². The van der Waals surface area contributed by atoms with Crippen molar-refractivity contribution in [1.29, 1.82) is 0 Å². The second kappa shape index (κ2) is 5.92. The molecule has 0 fully saturated rings.